The van der Waals surface area contributed by atoms with Gasteiger partial charge < -0.3 is 10.0 Å². The summed E-state index contributed by atoms with van der Waals surface area (Å²) < 4.78 is 1.73. The zero-order chi connectivity index (χ0) is 11.7. The lowest BCUT2D eigenvalue weighted by atomic mass is 10.1. The third-order valence-electron chi connectivity index (χ3n) is 3.00. The van der Waals surface area contributed by atoms with Gasteiger partial charge in [-0.25, -0.2) is 0 Å². The quantitative estimate of drug-likeness (QED) is 0.751. The third kappa shape index (κ3) is 1.76. The molecule has 1 fully saturated rings. The van der Waals surface area contributed by atoms with E-state index in [2.05, 4.69) is 11.2 Å². The number of nitrogens with zero attached hydrogens (tertiary/aromatic N) is 4. The Morgan fingerprint density at radius 1 is 1.56 bits per heavy atom. The largest absolute Gasteiger partial charge is 0.391 e. The average Bonchev–Trinajstić information content (AvgIpc) is 2.52. The summed E-state index contributed by atoms with van der Waals surface area (Å²) in [6.07, 6.45) is 1.50. The van der Waals surface area contributed by atoms with Gasteiger partial charge in [0, 0.05) is 20.1 Å². The number of nitriles is 1. The fourth-order valence-electron chi connectivity index (χ4n) is 2.29. The monoisotopic (exact) mass is 220 g/mol. The maximum Gasteiger partial charge on any atom is 0.145 e. The van der Waals surface area contributed by atoms with Gasteiger partial charge in [-0.1, -0.05) is 0 Å². The molecule has 1 saturated heterocycles. The Bertz CT molecular complexity index is 432. The van der Waals surface area contributed by atoms with Gasteiger partial charge in [-0.2, -0.15) is 10.4 Å². The van der Waals surface area contributed by atoms with Crippen LogP contribution < -0.4 is 4.90 Å². The van der Waals surface area contributed by atoms with Crippen molar-refractivity contribution < 1.29 is 5.11 Å². The molecule has 1 aliphatic rings. The molecular formula is C11H16N4O. The number of β-amino-alcohol motifs (C(OH)–C–C–N with tert-alkyl or cyclic N) is 1. The minimum absolute atomic E-state index is 0.296. The molecule has 5 nitrogen and oxygen atoms in total. The SMILES string of the molecule is Cc1nn(C)c(N2CCC[C@H](O)C2)c1C#N. The van der Waals surface area contributed by atoms with E-state index in [1.807, 2.05) is 18.9 Å². The Kier molecular flexibility index (Phi) is 2.84. The van der Waals surface area contributed by atoms with Gasteiger partial charge in [0.25, 0.3) is 0 Å². The van der Waals surface area contributed by atoms with Gasteiger partial charge in [0.05, 0.1) is 11.8 Å². The number of aliphatic hydroxyl groups excluding tert-OH is 1. The maximum atomic E-state index is 9.65. The van der Waals surface area contributed by atoms with E-state index in [1.54, 1.807) is 4.68 Å². The summed E-state index contributed by atoms with van der Waals surface area (Å²) in [5.74, 6) is 0.832. The highest BCUT2D eigenvalue weighted by Crippen LogP contribution is 2.25. The van der Waals surface area contributed by atoms with Crippen molar-refractivity contribution in [3.05, 3.63) is 11.3 Å². The summed E-state index contributed by atoms with van der Waals surface area (Å²) >= 11 is 0. The van der Waals surface area contributed by atoms with Crippen molar-refractivity contribution in [1.29, 1.82) is 5.26 Å². The van der Waals surface area contributed by atoms with Crippen LogP contribution in [0.3, 0.4) is 0 Å². The minimum Gasteiger partial charge on any atom is -0.391 e. The second-order valence-corrected chi connectivity index (χ2v) is 4.26. The number of piperidine rings is 1. The third-order valence-corrected chi connectivity index (χ3v) is 3.00. The molecule has 1 N–H and O–H groups in total. The van der Waals surface area contributed by atoms with Crippen LogP contribution in [0.25, 0.3) is 0 Å². The van der Waals surface area contributed by atoms with E-state index in [1.165, 1.54) is 0 Å². The Morgan fingerprint density at radius 3 is 2.94 bits per heavy atom. The van der Waals surface area contributed by atoms with Gasteiger partial charge in [-0.15, -0.1) is 0 Å². The molecule has 2 rings (SSSR count). The van der Waals surface area contributed by atoms with Crippen LogP contribution in [0.5, 0.6) is 0 Å². The summed E-state index contributed by atoms with van der Waals surface area (Å²) in [5, 5.41) is 23.0. The molecule has 1 aromatic heterocycles. The lowest BCUT2D eigenvalue weighted by Gasteiger charge is -2.31. The van der Waals surface area contributed by atoms with E-state index in [9.17, 15) is 5.11 Å². The summed E-state index contributed by atoms with van der Waals surface area (Å²) in [5.41, 5.74) is 1.37. The van der Waals surface area contributed by atoms with Crippen LogP contribution >= 0.6 is 0 Å². The first kappa shape index (κ1) is 11.0. The topological polar surface area (TPSA) is 65.1 Å². The van der Waals surface area contributed by atoms with E-state index < -0.39 is 0 Å². The Morgan fingerprint density at radius 2 is 2.31 bits per heavy atom. The van der Waals surface area contributed by atoms with E-state index in [-0.39, 0.29) is 6.10 Å². The zero-order valence-electron chi connectivity index (χ0n) is 9.64. The normalized spacial score (nSPS) is 20.9. The van der Waals surface area contributed by atoms with Gasteiger partial charge in [0.2, 0.25) is 0 Å². The van der Waals surface area contributed by atoms with Crippen LogP contribution in [0.2, 0.25) is 0 Å². The minimum atomic E-state index is -0.296. The summed E-state index contributed by atoms with van der Waals surface area (Å²) in [6.45, 7) is 3.31. The highest BCUT2D eigenvalue weighted by atomic mass is 16.3. The predicted octanol–water partition coefficient (Wildman–Crippen LogP) is 0.561. The van der Waals surface area contributed by atoms with E-state index >= 15 is 0 Å². The predicted molar refractivity (Wildman–Crippen MR) is 60.1 cm³/mol. The number of aryl methyl sites for hydroxylation is 2. The van der Waals surface area contributed by atoms with E-state index in [0.717, 1.165) is 30.9 Å². The highest BCUT2D eigenvalue weighted by molar-refractivity contribution is 5.57. The Labute approximate surface area is 94.9 Å². The van der Waals surface area contributed by atoms with E-state index in [0.29, 0.717) is 12.1 Å². The Hall–Kier alpha value is -1.54. The van der Waals surface area contributed by atoms with Gasteiger partial charge in [-0.05, 0) is 19.8 Å². The lowest BCUT2D eigenvalue weighted by Crippen LogP contribution is -2.39. The van der Waals surface area contributed by atoms with Crippen LogP contribution in [0.1, 0.15) is 24.1 Å². The first-order valence-electron chi connectivity index (χ1n) is 5.50. The lowest BCUT2D eigenvalue weighted by molar-refractivity contribution is 0.153. The molecule has 0 unspecified atom stereocenters. The molecule has 2 heterocycles. The first-order valence-corrected chi connectivity index (χ1v) is 5.50. The van der Waals surface area contributed by atoms with Crippen molar-refractivity contribution in [2.24, 2.45) is 7.05 Å². The zero-order valence-corrected chi connectivity index (χ0v) is 9.64. The Balaban J connectivity index is 2.36. The number of hydrogen-bond acceptors (Lipinski definition) is 4. The molecule has 1 aliphatic heterocycles. The fourth-order valence-corrected chi connectivity index (χ4v) is 2.29. The maximum absolute atomic E-state index is 9.65. The first-order chi connectivity index (χ1) is 7.63. The van der Waals surface area contributed by atoms with Crippen molar-refractivity contribution in [1.82, 2.24) is 9.78 Å². The van der Waals surface area contributed by atoms with Gasteiger partial charge in [0.1, 0.15) is 17.5 Å². The molecule has 0 radical (unpaired) electrons. The van der Waals surface area contributed by atoms with Crippen LogP contribution in [0.15, 0.2) is 0 Å². The second-order valence-electron chi connectivity index (χ2n) is 4.26. The molecule has 0 bridgehead atoms. The fraction of sp³-hybridized carbons (Fsp3) is 0.636. The highest BCUT2D eigenvalue weighted by Gasteiger charge is 2.24. The molecule has 16 heavy (non-hydrogen) atoms. The van der Waals surface area contributed by atoms with Crippen molar-refractivity contribution in [2.45, 2.75) is 25.9 Å². The summed E-state index contributed by atoms with van der Waals surface area (Å²) in [6, 6.07) is 2.19. The number of hydrogen-bond donors (Lipinski definition) is 1. The molecule has 0 aliphatic carbocycles. The van der Waals surface area contributed by atoms with E-state index in [4.69, 9.17) is 5.26 Å². The van der Waals surface area contributed by atoms with Crippen molar-refractivity contribution in [2.75, 3.05) is 18.0 Å². The number of anilines is 1. The van der Waals surface area contributed by atoms with Crippen LogP contribution in [-0.2, 0) is 7.05 Å². The molecule has 86 valence electrons. The molecule has 5 heteroatoms. The molecule has 0 amide bonds. The van der Waals surface area contributed by atoms with Crippen LogP contribution in [0, 0.1) is 18.3 Å². The summed E-state index contributed by atoms with van der Waals surface area (Å²) in [7, 11) is 1.84. The molecule has 0 spiro atoms. The second kappa shape index (κ2) is 4.14. The molecule has 1 aromatic rings. The smallest absolute Gasteiger partial charge is 0.145 e. The van der Waals surface area contributed by atoms with Crippen LogP contribution in [-0.4, -0.2) is 34.1 Å². The number of aliphatic hydroxyl groups is 1. The number of aromatic nitrogens is 2. The molecular weight excluding hydrogens is 204 g/mol. The number of rotatable bonds is 1. The standard InChI is InChI=1S/C11H16N4O/c1-8-10(6-12)11(14(2)13-8)15-5-3-4-9(16)7-15/h9,16H,3-5,7H2,1-2H3/t9-/m0/s1. The molecule has 1 atom stereocenters. The average molecular weight is 220 g/mol. The van der Waals surface area contributed by atoms with Gasteiger partial charge in [0.15, 0.2) is 0 Å². The van der Waals surface area contributed by atoms with Crippen molar-refractivity contribution >= 4 is 5.82 Å². The van der Waals surface area contributed by atoms with Gasteiger partial charge in [-0.3, -0.25) is 4.68 Å². The molecule has 0 saturated carbocycles. The van der Waals surface area contributed by atoms with Crippen molar-refractivity contribution in [3.63, 3.8) is 0 Å². The van der Waals surface area contributed by atoms with Crippen LogP contribution in [0.4, 0.5) is 5.82 Å². The van der Waals surface area contributed by atoms with Crippen molar-refractivity contribution in [3.8, 4) is 6.07 Å². The van der Waals surface area contributed by atoms with Gasteiger partial charge >= 0.3 is 0 Å². The molecule has 0 aromatic carbocycles. The summed E-state index contributed by atoms with van der Waals surface area (Å²) in [4.78, 5) is 2.05.